The first-order valence-corrected chi connectivity index (χ1v) is 10.7. The standard InChI is InChI=1S/C24H22F4N2O2/c25-16-3-1-2-14(10-16)13-30-21-8-6-17(29-23(31)15-4-5-15)11-19(21)20-12-18(7-9-22(20)30)32-24(26,27)28/h1-3,7,9-10,12,15,17H,4-6,8,11,13H2,(H,29,31). The Morgan fingerprint density at radius 3 is 2.66 bits per heavy atom. The molecular formula is C24H22F4N2O2. The number of amides is 1. The van der Waals surface area contributed by atoms with Crippen molar-refractivity contribution in [3.8, 4) is 5.75 Å². The number of hydrogen-bond donors (Lipinski definition) is 1. The number of fused-ring (bicyclic) bond motifs is 3. The monoisotopic (exact) mass is 446 g/mol. The molecule has 1 saturated carbocycles. The van der Waals surface area contributed by atoms with Gasteiger partial charge in [-0.3, -0.25) is 4.79 Å². The number of carbonyl (C=O) groups excluding carboxylic acids is 1. The average Bonchev–Trinajstić information content (AvgIpc) is 3.53. The minimum Gasteiger partial charge on any atom is -0.406 e. The van der Waals surface area contributed by atoms with Crippen molar-refractivity contribution in [2.75, 3.05) is 0 Å². The van der Waals surface area contributed by atoms with Crippen LogP contribution in [-0.4, -0.2) is 22.9 Å². The molecule has 1 amide bonds. The molecule has 168 valence electrons. The third kappa shape index (κ3) is 4.31. The van der Waals surface area contributed by atoms with Crippen LogP contribution in [0.15, 0.2) is 42.5 Å². The number of hydrogen-bond acceptors (Lipinski definition) is 2. The van der Waals surface area contributed by atoms with E-state index in [4.69, 9.17) is 0 Å². The highest BCUT2D eigenvalue weighted by atomic mass is 19.4. The normalized spacial score (nSPS) is 18.4. The number of nitrogens with zero attached hydrogens (tertiary/aromatic N) is 1. The zero-order valence-corrected chi connectivity index (χ0v) is 17.2. The molecule has 3 aromatic rings. The Balaban J connectivity index is 1.53. The fraction of sp³-hybridized carbons (Fsp3) is 0.375. The maximum atomic E-state index is 13.7. The van der Waals surface area contributed by atoms with Crippen LogP contribution < -0.4 is 10.1 Å². The summed E-state index contributed by atoms with van der Waals surface area (Å²) in [6.07, 6.45) is -1.00. The van der Waals surface area contributed by atoms with E-state index in [2.05, 4.69) is 10.1 Å². The van der Waals surface area contributed by atoms with Crippen LogP contribution in [0.1, 0.15) is 36.1 Å². The molecule has 2 aromatic carbocycles. The molecule has 0 radical (unpaired) electrons. The Morgan fingerprint density at radius 2 is 1.94 bits per heavy atom. The van der Waals surface area contributed by atoms with Gasteiger partial charge in [-0.2, -0.15) is 0 Å². The Bertz CT molecular complexity index is 1180. The van der Waals surface area contributed by atoms with E-state index >= 15 is 0 Å². The molecule has 1 heterocycles. The number of alkyl halides is 3. The number of carbonyl (C=O) groups is 1. The summed E-state index contributed by atoms with van der Waals surface area (Å²) in [5.74, 6) is -0.461. The zero-order valence-electron chi connectivity index (χ0n) is 17.2. The summed E-state index contributed by atoms with van der Waals surface area (Å²) in [5, 5.41) is 3.77. The number of aromatic nitrogens is 1. The molecule has 1 unspecified atom stereocenters. The van der Waals surface area contributed by atoms with Gasteiger partial charge >= 0.3 is 6.36 Å². The molecular weight excluding hydrogens is 424 g/mol. The van der Waals surface area contributed by atoms with Crippen LogP contribution in [-0.2, 0) is 24.2 Å². The lowest BCUT2D eigenvalue weighted by Gasteiger charge is -2.25. The van der Waals surface area contributed by atoms with Crippen molar-refractivity contribution in [1.29, 1.82) is 0 Å². The second-order valence-electron chi connectivity index (χ2n) is 8.59. The van der Waals surface area contributed by atoms with E-state index in [1.54, 1.807) is 12.1 Å². The molecule has 1 aromatic heterocycles. The predicted octanol–water partition coefficient (Wildman–Crippen LogP) is 5.11. The van der Waals surface area contributed by atoms with E-state index in [1.807, 2.05) is 10.6 Å². The molecule has 1 N–H and O–H groups in total. The highest BCUT2D eigenvalue weighted by Crippen LogP contribution is 2.37. The van der Waals surface area contributed by atoms with Crippen LogP contribution in [0.2, 0.25) is 0 Å². The fourth-order valence-electron chi connectivity index (χ4n) is 4.61. The highest BCUT2D eigenvalue weighted by Gasteiger charge is 2.34. The van der Waals surface area contributed by atoms with Crippen molar-refractivity contribution >= 4 is 16.8 Å². The summed E-state index contributed by atoms with van der Waals surface area (Å²) in [6.45, 7) is 0.405. The summed E-state index contributed by atoms with van der Waals surface area (Å²) in [7, 11) is 0. The Hall–Kier alpha value is -3.03. The van der Waals surface area contributed by atoms with Crippen molar-refractivity contribution in [3.05, 3.63) is 65.1 Å². The van der Waals surface area contributed by atoms with Crippen LogP contribution in [0.4, 0.5) is 17.6 Å². The molecule has 5 rings (SSSR count). The van der Waals surface area contributed by atoms with Gasteiger partial charge in [0.25, 0.3) is 0 Å². The number of halogens is 4. The number of rotatable bonds is 5. The van der Waals surface area contributed by atoms with Gasteiger partial charge < -0.3 is 14.6 Å². The molecule has 0 spiro atoms. The number of ether oxygens (including phenoxy) is 1. The van der Waals surface area contributed by atoms with E-state index in [0.717, 1.165) is 41.6 Å². The van der Waals surface area contributed by atoms with Gasteiger partial charge in [0.2, 0.25) is 5.91 Å². The molecule has 1 fully saturated rings. The van der Waals surface area contributed by atoms with Gasteiger partial charge in [-0.25, -0.2) is 4.39 Å². The zero-order chi connectivity index (χ0) is 22.5. The molecule has 2 aliphatic carbocycles. The summed E-state index contributed by atoms with van der Waals surface area (Å²) >= 11 is 0. The number of benzene rings is 2. The summed E-state index contributed by atoms with van der Waals surface area (Å²) in [6, 6.07) is 10.6. The first kappa shape index (κ1) is 20.8. The van der Waals surface area contributed by atoms with Crippen molar-refractivity contribution in [2.45, 2.75) is 51.1 Å². The smallest absolute Gasteiger partial charge is 0.406 e. The molecule has 32 heavy (non-hydrogen) atoms. The van der Waals surface area contributed by atoms with Gasteiger partial charge in [0.15, 0.2) is 0 Å². The van der Waals surface area contributed by atoms with Crippen LogP contribution >= 0.6 is 0 Å². The summed E-state index contributed by atoms with van der Waals surface area (Å²) in [4.78, 5) is 12.2. The topological polar surface area (TPSA) is 43.3 Å². The van der Waals surface area contributed by atoms with E-state index < -0.39 is 6.36 Å². The Morgan fingerprint density at radius 1 is 1.12 bits per heavy atom. The average molecular weight is 446 g/mol. The second-order valence-corrected chi connectivity index (χ2v) is 8.59. The third-order valence-corrected chi connectivity index (χ3v) is 6.20. The summed E-state index contributed by atoms with van der Waals surface area (Å²) in [5.41, 5.74) is 3.45. The minimum absolute atomic E-state index is 0.0584. The van der Waals surface area contributed by atoms with Crippen LogP contribution in [0.3, 0.4) is 0 Å². The fourth-order valence-corrected chi connectivity index (χ4v) is 4.61. The molecule has 4 nitrogen and oxygen atoms in total. The largest absolute Gasteiger partial charge is 0.573 e. The first-order chi connectivity index (χ1) is 15.3. The molecule has 8 heteroatoms. The molecule has 0 bridgehead atoms. The lowest BCUT2D eigenvalue weighted by molar-refractivity contribution is -0.274. The minimum atomic E-state index is -4.78. The lowest BCUT2D eigenvalue weighted by atomic mass is 9.91. The predicted molar refractivity (Wildman–Crippen MR) is 111 cm³/mol. The summed E-state index contributed by atoms with van der Waals surface area (Å²) < 4.78 is 58.3. The van der Waals surface area contributed by atoms with Crippen LogP contribution in [0, 0.1) is 11.7 Å². The van der Waals surface area contributed by atoms with E-state index in [0.29, 0.717) is 24.8 Å². The quantitative estimate of drug-likeness (QED) is 0.554. The Kier molecular flexibility index (Phi) is 5.10. The molecule has 0 aliphatic heterocycles. The SMILES string of the molecule is O=C(NC1CCc2c(c3cc(OC(F)(F)F)ccc3n2Cc2cccc(F)c2)C1)C1CC1. The molecule has 0 saturated heterocycles. The third-order valence-electron chi connectivity index (χ3n) is 6.20. The van der Waals surface area contributed by atoms with Crippen molar-refractivity contribution in [2.24, 2.45) is 5.92 Å². The van der Waals surface area contributed by atoms with E-state index in [-0.39, 0.29) is 29.4 Å². The van der Waals surface area contributed by atoms with Crippen molar-refractivity contribution in [3.63, 3.8) is 0 Å². The van der Waals surface area contributed by atoms with Crippen LogP contribution in [0.5, 0.6) is 5.75 Å². The van der Waals surface area contributed by atoms with E-state index in [9.17, 15) is 22.4 Å². The van der Waals surface area contributed by atoms with Crippen molar-refractivity contribution in [1.82, 2.24) is 9.88 Å². The van der Waals surface area contributed by atoms with Gasteiger partial charge in [-0.15, -0.1) is 13.2 Å². The van der Waals surface area contributed by atoms with Crippen molar-refractivity contribution < 1.29 is 27.1 Å². The van der Waals surface area contributed by atoms with Gasteiger partial charge in [-0.1, -0.05) is 12.1 Å². The lowest BCUT2D eigenvalue weighted by Crippen LogP contribution is -2.39. The van der Waals surface area contributed by atoms with Gasteiger partial charge in [-0.05, 0) is 73.6 Å². The molecule has 1 atom stereocenters. The maximum Gasteiger partial charge on any atom is 0.573 e. The van der Waals surface area contributed by atoms with Crippen LogP contribution in [0.25, 0.3) is 10.9 Å². The second kappa shape index (κ2) is 7.83. The maximum absolute atomic E-state index is 13.7. The Labute approximate surface area is 182 Å². The number of nitrogens with one attached hydrogen (secondary N) is 1. The van der Waals surface area contributed by atoms with E-state index in [1.165, 1.54) is 24.3 Å². The van der Waals surface area contributed by atoms with Gasteiger partial charge in [0, 0.05) is 35.1 Å². The first-order valence-electron chi connectivity index (χ1n) is 10.7. The highest BCUT2D eigenvalue weighted by molar-refractivity contribution is 5.88. The van der Waals surface area contributed by atoms with Gasteiger partial charge in [0.1, 0.15) is 11.6 Å². The molecule has 2 aliphatic rings. The van der Waals surface area contributed by atoms with Gasteiger partial charge in [0.05, 0.1) is 0 Å².